The van der Waals surface area contributed by atoms with Crippen LogP contribution in [0.5, 0.6) is 5.75 Å². The Morgan fingerprint density at radius 3 is 2.67 bits per heavy atom. The second-order valence-corrected chi connectivity index (χ2v) is 8.18. The predicted octanol–water partition coefficient (Wildman–Crippen LogP) is 4.67. The molecule has 1 N–H and O–H groups in total. The summed E-state index contributed by atoms with van der Waals surface area (Å²) >= 11 is 0. The third-order valence-electron chi connectivity index (χ3n) is 5.80. The van der Waals surface area contributed by atoms with Gasteiger partial charge in [0.15, 0.2) is 0 Å². The number of amides is 1. The first-order valence-electron chi connectivity index (χ1n) is 11.3. The van der Waals surface area contributed by atoms with Gasteiger partial charge in [-0.3, -0.25) is 0 Å². The number of aryl methyl sites for hydroxylation is 1. The van der Waals surface area contributed by atoms with Crippen molar-refractivity contribution in [2.45, 2.75) is 58.1 Å². The lowest BCUT2D eigenvalue weighted by molar-refractivity contribution is -0.136. The molecule has 172 valence electrons. The van der Waals surface area contributed by atoms with E-state index < -0.39 is 18.1 Å². The zero-order valence-corrected chi connectivity index (χ0v) is 18.6. The molecule has 0 radical (unpaired) electrons. The largest absolute Gasteiger partial charge is 0.445 e. The van der Waals surface area contributed by atoms with Crippen molar-refractivity contribution in [3.63, 3.8) is 0 Å². The molecule has 0 fully saturated rings. The average Bonchev–Trinajstić information content (AvgIpc) is 3.32. The predicted molar refractivity (Wildman–Crippen MR) is 123 cm³/mol. The highest BCUT2D eigenvalue weighted by atomic mass is 16.6. The molecule has 0 spiro atoms. The minimum absolute atomic E-state index is 0.107. The van der Waals surface area contributed by atoms with Crippen LogP contribution in [-0.2, 0) is 29.0 Å². The van der Waals surface area contributed by atoms with Crippen molar-refractivity contribution in [3.05, 3.63) is 75.6 Å². The first-order chi connectivity index (χ1) is 16.0. The van der Waals surface area contributed by atoms with Crippen LogP contribution >= 0.6 is 0 Å². The van der Waals surface area contributed by atoms with Crippen LogP contribution in [0.3, 0.4) is 0 Å². The SMILES string of the molecule is CCCC[C@@H](NC(=O)OCc1ccccc1)C(=O)Oc1ccc2c3c(c(=O)oc2c1)CCC3. The van der Waals surface area contributed by atoms with Gasteiger partial charge in [-0.1, -0.05) is 50.1 Å². The number of hydrogen-bond donors (Lipinski definition) is 1. The topological polar surface area (TPSA) is 94.8 Å². The van der Waals surface area contributed by atoms with Crippen LogP contribution in [0.1, 0.15) is 49.3 Å². The van der Waals surface area contributed by atoms with Gasteiger partial charge in [-0.2, -0.15) is 0 Å². The lowest BCUT2D eigenvalue weighted by atomic mass is 10.1. The van der Waals surface area contributed by atoms with Crippen LogP contribution in [0.25, 0.3) is 11.0 Å². The minimum Gasteiger partial charge on any atom is -0.445 e. The molecule has 2 aromatic carbocycles. The summed E-state index contributed by atoms with van der Waals surface area (Å²) in [6, 6.07) is 13.5. The summed E-state index contributed by atoms with van der Waals surface area (Å²) in [4.78, 5) is 37.3. The van der Waals surface area contributed by atoms with E-state index in [0.29, 0.717) is 12.0 Å². The number of alkyl carbamates (subject to hydrolysis) is 1. The van der Waals surface area contributed by atoms with E-state index >= 15 is 0 Å². The van der Waals surface area contributed by atoms with Crippen LogP contribution in [-0.4, -0.2) is 18.1 Å². The van der Waals surface area contributed by atoms with Gasteiger partial charge in [0.1, 0.15) is 24.0 Å². The quantitative estimate of drug-likeness (QED) is 0.305. The third-order valence-corrected chi connectivity index (χ3v) is 5.80. The molecule has 1 heterocycles. The number of unbranched alkanes of at least 4 members (excludes halogenated alkanes) is 1. The van der Waals surface area contributed by atoms with Crippen LogP contribution in [0.2, 0.25) is 0 Å². The van der Waals surface area contributed by atoms with Crippen molar-refractivity contribution in [2.75, 3.05) is 0 Å². The molecule has 4 rings (SSSR count). The molecule has 3 aromatic rings. The number of ether oxygens (including phenoxy) is 2. The maximum atomic E-state index is 12.8. The first-order valence-corrected chi connectivity index (χ1v) is 11.3. The molecule has 33 heavy (non-hydrogen) atoms. The number of rotatable bonds is 8. The number of hydrogen-bond acceptors (Lipinski definition) is 6. The second kappa shape index (κ2) is 10.3. The van der Waals surface area contributed by atoms with Gasteiger partial charge < -0.3 is 19.2 Å². The lowest BCUT2D eigenvalue weighted by Crippen LogP contribution is -2.43. The lowest BCUT2D eigenvalue weighted by Gasteiger charge is -2.17. The van der Waals surface area contributed by atoms with Gasteiger partial charge >= 0.3 is 17.7 Å². The number of carbonyl (C=O) groups excluding carboxylic acids is 2. The second-order valence-electron chi connectivity index (χ2n) is 8.18. The fourth-order valence-corrected chi connectivity index (χ4v) is 4.08. The molecule has 0 saturated carbocycles. The zero-order valence-electron chi connectivity index (χ0n) is 18.6. The number of fused-ring (bicyclic) bond motifs is 3. The Labute approximate surface area is 191 Å². The Bertz CT molecular complexity index is 1200. The maximum absolute atomic E-state index is 12.8. The summed E-state index contributed by atoms with van der Waals surface area (Å²) in [7, 11) is 0. The zero-order chi connectivity index (χ0) is 23.2. The molecule has 1 aromatic heterocycles. The van der Waals surface area contributed by atoms with Gasteiger partial charge in [0.05, 0.1) is 0 Å². The summed E-state index contributed by atoms with van der Waals surface area (Å²) in [5, 5.41) is 3.48. The van der Waals surface area contributed by atoms with Crippen LogP contribution < -0.4 is 15.7 Å². The molecule has 7 nitrogen and oxygen atoms in total. The van der Waals surface area contributed by atoms with Crippen molar-refractivity contribution in [1.29, 1.82) is 0 Å². The standard InChI is InChI=1S/C26H27NO6/c1-2-3-12-22(27-26(30)31-16-17-8-5-4-6-9-17)25(29)32-18-13-14-20-19-10-7-11-21(19)24(28)33-23(20)15-18/h4-6,8-9,13-15,22H,2-3,7,10-12,16H2,1H3,(H,27,30)/t22-/m1/s1. The molecule has 1 atom stereocenters. The molecular weight excluding hydrogens is 422 g/mol. The van der Waals surface area contributed by atoms with Crippen LogP contribution in [0, 0.1) is 0 Å². The summed E-state index contributed by atoms with van der Waals surface area (Å²) in [6.45, 7) is 2.11. The first kappa shape index (κ1) is 22.6. The molecule has 1 aliphatic rings. The number of esters is 1. The molecule has 1 amide bonds. The minimum atomic E-state index is -0.851. The molecule has 1 aliphatic carbocycles. The highest BCUT2D eigenvalue weighted by Gasteiger charge is 2.24. The van der Waals surface area contributed by atoms with E-state index in [1.807, 2.05) is 43.3 Å². The van der Waals surface area contributed by atoms with E-state index in [0.717, 1.165) is 54.2 Å². The van der Waals surface area contributed by atoms with Gasteiger partial charge in [-0.05, 0) is 48.9 Å². The molecule has 0 saturated heterocycles. The Morgan fingerprint density at radius 2 is 1.88 bits per heavy atom. The molecule has 7 heteroatoms. The van der Waals surface area contributed by atoms with E-state index in [2.05, 4.69) is 5.32 Å². The Morgan fingerprint density at radius 1 is 1.09 bits per heavy atom. The normalized spacial score (nSPS) is 13.4. The highest BCUT2D eigenvalue weighted by molar-refractivity contribution is 5.86. The average molecular weight is 450 g/mol. The number of carbonyl (C=O) groups is 2. The smallest absolute Gasteiger partial charge is 0.408 e. The van der Waals surface area contributed by atoms with E-state index in [-0.39, 0.29) is 18.0 Å². The van der Waals surface area contributed by atoms with Gasteiger partial charge in [0, 0.05) is 17.0 Å². The van der Waals surface area contributed by atoms with Gasteiger partial charge in [0.25, 0.3) is 0 Å². The molecule has 0 bridgehead atoms. The Balaban J connectivity index is 1.44. The summed E-state index contributed by atoms with van der Waals surface area (Å²) in [6.07, 6.45) is 3.83. The third kappa shape index (κ3) is 5.42. The molecular formula is C26H27NO6. The van der Waals surface area contributed by atoms with Gasteiger partial charge in [0.2, 0.25) is 0 Å². The van der Waals surface area contributed by atoms with E-state index in [4.69, 9.17) is 13.9 Å². The van der Waals surface area contributed by atoms with E-state index in [9.17, 15) is 14.4 Å². The highest BCUT2D eigenvalue weighted by Crippen LogP contribution is 2.29. The Hall–Kier alpha value is -3.61. The fraction of sp³-hybridized carbons (Fsp3) is 0.346. The Kier molecular flexibility index (Phi) is 7.07. The molecule has 0 aliphatic heterocycles. The molecule has 0 unspecified atom stereocenters. The monoisotopic (exact) mass is 449 g/mol. The fourth-order valence-electron chi connectivity index (χ4n) is 4.08. The van der Waals surface area contributed by atoms with Crippen molar-refractivity contribution in [1.82, 2.24) is 5.32 Å². The maximum Gasteiger partial charge on any atom is 0.408 e. The summed E-state index contributed by atoms with van der Waals surface area (Å²) in [5.41, 5.74) is 2.67. The summed E-state index contributed by atoms with van der Waals surface area (Å²) in [5.74, 6) is -0.336. The van der Waals surface area contributed by atoms with Crippen molar-refractivity contribution >= 4 is 23.0 Å². The van der Waals surface area contributed by atoms with Crippen LogP contribution in [0.15, 0.2) is 57.7 Å². The number of nitrogens with one attached hydrogen (secondary N) is 1. The van der Waals surface area contributed by atoms with Gasteiger partial charge in [-0.15, -0.1) is 0 Å². The van der Waals surface area contributed by atoms with Crippen LogP contribution in [0.4, 0.5) is 4.79 Å². The summed E-state index contributed by atoms with van der Waals surface area (Å²) < 4.78 is 16.2. The van der Waals surface area contributed by atoms with Crippen molar-refractivity contribution in [3.8, 4) is 5.75 Å². The van der Waals surface area contributed by atoms with Crippen molar-refractivity contribution < 1.29 is 23.5 Å². The van der Waals surface area contributed by atoms with E-state index in [1.165, 1.54) is 0 Å². The van der Waals surface area contributed by atoms with Crippen molar-refractivity contribution in [2.24, 2.45) is 0 Å². The van der Waals surface area contributed by atoms with E-state index in [1.54, 1.807) is 12.1 Å². The number of benzene rings is 2. The van der Waals surface area contributed by atoms with Gasteiger partial charge in [-0.25, -0.2) is 14.4 Å².